The number of aromatic nitrogens is 1. The molecule has 0 radical (unpaired) electrons. The van der Waals surface area contributed by atoms with Crippen molar-refractivity contribution in [2.45, 2.75) is 56.8 Å². The van der Waals surface area contributed by atoms with Crippen molar-refractivity contribution in [3.63, 3.8) is 0 Å². The lowest BCUT2D eigenvalue weighted by molar-refractivity contribution is -0.143. The number of carbonyl (C=O) groups excluding carboxylic acids is 2. The largest absolute Gasteiger partial charge is 0.372 e. The summed E-state index contributed by atoms with van der Waals surface area (Å²) in [7, 11) is 0. The van der Waals surface area contributed by atoms with Crippen LogP contribution in [0.4, 0.5) is 0 Å². The first-order valence-electron chi connectivity index (χ1n) is 10.9. The second kappa shape index (κ2) is 9.43. The molecule has 2 aliphatic rings. The summed E-state index contributed by atoms with van der Waals surface area (Å²) >= 11 is 1.58. The molecule has 0 unspecified atom stereocenters. The number of rotatable bonds is 5. The summed E-state index contributed by atoms with van der Waals surface area (Å²) in [5.41, 5.74) is 1.04. The van der Waals surface area contributed by atoms with Crippen LogP contribution in [0.1, 0.15) is 33.1 Å². The topological polar surface area (TPSA) is 54.8 Å². The van der Waals surface area contributed by atoms with Crippen LogP contribution in [0.25, 0.3) is 10.9 Å². The minimum atomic E-state index is 0.0611. The van der Waals surface area contributed by atoms with Crippen LogP contribution in [-0.4, -0.2) is 70.3 Å². The van der Waals surface area contributed by atoms with E-state index in [4.69, 9.17) is 4.74 Å². The van der Waals surface area contributed by atoms with Gasteiger partial charge in [0.1, 0.15) is 6.54 Å². The fourth-order valence-electron chi connectivity index (χ4n) is 4.46. The number of benzene rings is 1. The number of piperidine rings is 1. The number of para-hydroxylation sites is 1. The number of ether oxygens (including phenoxy) is 1. The zero-order chi connectivity index (χ0) is 21.1. The number of carbonyl (C=O) groups is 2. The molecule has 1 aromatic heterocycles. The van der Waals surface area contributed by atoms with Gasteiger partial charge < -0.3 is 19.1 Å². The Labute approximate surface area is 182 Å². The Morgan fingerprint density at radius 1 is 1.00 bits per heavy atom. The normalized spacial score (nSPS) is 22.5. The first-order valence-corrected chi connectivity index (χ1v) is 11.9. The standard InChI is InChI=1S/C23H31N3O3S/c1-17-12-26(13-18(2)29-17)22(27)15-25-14-21(19-8-4-5-9-20(19)25)30-16-23(28)24-10-6-3-7-11-24/h4-5,8-9,14,17-18H,3,6-7,10-13,15-16H2,1-2H3/t17-,18-/m0/s1. The van der Waals surface area contributed by atoms with Gasteiger partial charge in [0.05, 0.1) is 18.0 Å². The molecule has 2 amide bonds. The number of thioether (sulfide) groups is 1. The molecular weight excluding hydrogens is 398 g/mol. The molecule has 0 saturated carbocycles. The number of likely N-dealkylation sites (tertiary alicyclic amines) is 1. The number of hydrogen-bond acceptors (Lipinski definition) is 4. The fourth-order valence-corrected chi connectivity index (χ4v) is 5.45. The molecule has 2 aliphatic heterocycles. The van der Waals surface area contributed by atoms with Crippen molar-refractivity contribution in [1.82, 2.24) is 14.4 Å². The summed E-state index contributed by atoms with van der Waals surface area (Å²) in [5, 5.41) is 1.10. The van der Waals surface area contributed by atoms with Gasteiger partial charge in [0.15, 0.2) is 0 Å². The molecule has 0 N–H and O–H groups in total. The maximum Gasteiger partial charge on any atom is 0.242 e. The smallest absolute Gasteiger partial charge is 0.242 e. The van der Waals surface area contributed by atoms with Crippen molar-refractivity contribution in [1.29, 1.82) is 0 Å². The van der Waals surface area contributed by atoms with Crippen molar-refractivity contribution in [2.75, 3.05) is 31.9 Å². The molecule has 7 heteroatoms. The van der Waals surface area contributed by atoms with E-state index in [0.717, 1.165) is 41.7 Å². The van der Waals surface area contributed by atoms with E-state index in [9.17, 15) is 9.59 Å². The third-order valence-corrected chi connectivity index (χ3v) is 6.92. The van der Waals surface area contributed by atoms with Crippen molar-refractivity contribution in [3.05, 3.63) is 30.5 Å². The molecule has 0 aliphatic carbocycles. The average molecular weight is 430 g/mol. The Balaban J connectivity index is 1.46. The summed E-state index contributed by atoms with van der Waals surface area (Å²) < 4.78 is 7.78. The Kier molecular flexibility index (Phi) is 6.68. The highest BCUT2D eigenvalue weighted by Gasteiger charge is 2.26. The molecule has 4 rings (SSSR count). The van der Waals surface area contributed by atoms with Gasteiger partial charge >= 0.3 is 0 Å². The van der Waals surface area contributed by atoms with Crippen LogP contribution < -0.4 is 0 Å². The van der Waals surface area contributed by atoms with Gasteiger partial charge in [0.25, 0.3) is 0 Å². The highest BCUT2D eigenvalue weighted by molar-refractivity contribution is 8.00. The van der Waals surface area contributed by atoms with Gasteiger partial charge in [-0.25, -0.2) is 0 Å². The van der Waals surface area contributed by atoms with Crippen LogP contribution in [0, 0.1) is 0 Å². The third-order valence-electron chi connectivity index (χ3n) is 5.89. The lowest BCUT2D eigenvalue weighted by Gasteiger charge is -2.35. The maximum atomic E-state index is 13.0. The number of fused-ring (bicyclic) bond motifs is 1. The number of morpholine rings is 1. The molecule has 162 valence electrons. The molecule has 1 aromatic carbocycles. The van der Waals surface area contributed by atoms with E-state index in [-0.39, 0.29) is 24.0 Å². The van der Waals surface area contributed by atoms with E-state index in [1.54, 1.807) is 11.8 Å². The quantitative estimate of drug-likeness (QED) is 0.684. The van der Waals surface area contributed by atoms with Crippen LogP contribution >= 0.6 is 11.8 Å². The van der Waals surface area contributed by atoms with Crippen molar-refractivity contribution >= 4 is 34.5 Å². The molecule has 30 heavy (non-hydrogen) atoms. The summed E-state index contributed by atoms with van der Waals surface area (Å²) in [6.45, 7) is 7.35. The van der Waals surface area contributed by atoms with Gasteiger partial charge in [0.2, 0.25) is 11.8 Å². The second-order valence-electron chi connectivity index (χ2n) is 8.42. The third kappa shape index (κ3) is 4.83. The van der Waals surface area contributed by atoms with Gasteiger partial charge in [-0.2, -0.15) is 0 Å². The first-order chi connectivity index (χ1) is 14.5. The van der Waals surface area contributed by atoms with E-state index < -0.39 is 0 Å². The lowest BCUT2D eigenvalue weighted by Crippen LogP contribution is -2.49. The zero-order valence-electron chi connectivity index (χ0n) is 17.9. The molecule has 6 nitrogen and oxygen atoms in total. The first kappa shape index (κ1) is 21.2. The molecule has 2 fully saturated rings. The molecule has 2 aromatic rings. The molecule has 0 bridgehead atoms. The Hall–Kier alpha value is -1.99. The monoisotopic (exact) mass is 429 g/mol. The van der Waals surface area contributed by atoms with Crippen molar-refractivity contribution in [3.8, 4) is 0 Å². The number of nitrogens with zero attached hydrogens (tertiary/aromatic N) is 3. The van der Waals surface area contributed by atoms with Gasteiger partial charge in [-0.3, -0.25) is 9.59 Å². The van der Waals surface area contributed by atoms with Crippen LogP contribution in [0.5, 0.6) is 0 Å². The summed E-state index contributed by atoms with van der Waals surface area (Å²) in [5.74, 6) is 0.767. The minimum absolute atomic E-state index is 0.0611. The van der Waals surface area contributed by atoms with Gasteiger partial charge in [-0.15, -0.1) is 11.8 Å². The van der Waals surface area contributed by atoms with Crippen LogP contribution in [0.2, 0.25) is 0 Å². The van der Waals surface area contributed by atoms with Gasteiger partial charge in [-0.05, 0) is 39.2 Å². The molecule has 2 atom stereocenters. The number of amides is 2. The lowest BCUT2D eigenvalue weighted by atomic mass is 10.1. The Bertz CT molecular complexity index is 896. The van der Waals surface area contributed by atoms with Gasteiger partial charge in [-0.1, -0.05) is 18.2 Å². The predicted octanol–water partition coefficient (Wildman–Crippen LogP) is 3.38. The molecule has 3 heterocycles. The van der Waals surface area contributed by atoms with E-state index in [2.05, 4.69) is 6.07 Å². The van der Waals surface area contributed by atoms with E-state index in [0.29, 0.717) is 25.4 Å². The van der Waals surface area contributed by atoms with Crippen molar-refractivity contribution < 1.29 is 14.3 Å². The average Bonchev–Trinajstić information content (AvgIpc) is 3.09. The van der Waals surface area contributed by atoms with Crippen LogP contribution in [0.3, 0.4) is 0 Å². The summed E-state index contributed by atoms with van der Waals surface area (Å²) in [6, 6.07) is 8.12. The minimum Gasteiger partial charge on any atom is -0.372 e. The van der Waals surface area contributed by atoms with E-state index >= 15 is 0 Å². The number of hydrogen-bond donors (Lipinski definition) is 0. The summed E-state index contributed by atoms with van der Waals surface area (Å²) in [4.78, 5) is 30.5. The molecular formula is C23H31N3O3S. The zero-order valence-corrected chi connectivity index (χ0v) is 18.7. The SMILES string of the molecule is C[C@H]1CN(C(=O)Cn2cc(SCC(=O)N3CCCCC3)c3ccccc32)C[C@H](C)O1. The highest BCUT2D eigenvalue weighted by Crippen LogP contribution is 2.30. The fraction of sp³-hybridized carbons (Fsp3) is 0.565. The Morgan fingerprint density at radius 2 is 1.70 bits per heavy atom. The van der Waals surface area contributed by atoms with E-state index in [1.165, 1.54) is 6.42 Å². The van der Waals surface area contributed by atoms with E-state index in [1.807, 2.05) is 52.6 Å². The maximum absolute atomic E-state index is 13.0. The highest BCUT2D eigenvalue weighted by atomic mass is 32.2. The predicted molar refractivity (Wildman–Crippen MR) is 120 cm³/mol. The summed E-state index contributed by atoms with van der Waals surface area (Å²) in [6.07, 6.45) is 5.59. The van der Waals surface area contributed by atoms with Crippen LogP contribution in [-0.2, 0) is 20.9 Å². The second-order valence-corrected chi connectivity index (χ2v) is 9.44. The van der Waals surface area contributed by atoms with Crippen molar-refractivity contribution in [2.24, 2.45) is 0 Å². The van der Waals surface area contributed by atoms with Crippen LogP contribution in [0.15, 0.2) is 35.4 Å². The molecule has 2 saturated heterocycles. The molecule has 0 spiro atoms. The Morgan fingerprint density at radius 3 is 2.43 bits per heavy atom. The van der Waals surface area contributed by atoms with Gasteiger partial charge in [0, 0.05) is 48.2 Å².